The quantitative estimate of drug-likeness (QED) is 0.233. The third kappa shape index (κ3) is 2.67. The predicted octanol–water partition coefficient (Wildman–Crippen LogP) is 9.97. The Hall–Kier alpha value is -4.82. The molecule has 0 aliphatic rings. The van der Waals surface area contributed by atoms with Crippen LogP contribution in [0.4, 0.5) is 0 Å². The van der Waals surface area contributed by atoms with Gasteiger partial charge in [0.25, 0.3) is 0 Å². The highest BCUT2D eigenvalue weighted by Gasteiger charge is 2.18. The SMILES string of the molecule is [2H]c1c([2H])c([2H])c(-c2c3c([2H])c([2H])c([2H])c([2H])c3c(-c3ccc4oc5ccc6occc6c5c4c3)c3c([2H])c([2H])c([2H])c([2H])c23)c([2H])c1[2H]. The number of hydrogen-bond donors (Lipinski definition) is 0. The first-order valence-corrected chi connectivity index (χ1v) is 11.1. The molecule has 0 saturated heterocycles. The summed E-state index contributed by atoms with van der Waals surface area (Å²) in [7, 11) is 0. The zero-order valence-electron chi connectivity index (χ0n) is 31.4. The van der Waals surface area contributed by atoms with Crippen LogP contribution in [-0.2, 0) is 0 Å². The Morgan fingerprint density at radius 1 is 0.472 bits per heavy atom. The van der Waals surface area contributed by atoms with Gasteiger partial charge in [0.1, 0.15) is 16.7 Å². The fourth-order valence-electron chi connectivity index (χ4n) is 5.01. The summed E-state index contributed by atoms with van der Waals surface area (Å²) < 4.78 is 125. The van der Waals surface area contributed by atoms with Crippen molar-refractivity contribution in [3.05, 3.63) is 121 Å². The Balaban J connectivity index is 1.69. The Bertz CT molecular complexity index is 2710. The van der Waals surface area contributed by atoms with Crippen molar-refractivity contribution in [2.75, 3.05) is 0 Å². The van der Waals surface area contributed by atoms with E-state index in [9.17, 15) is 0 Å². The van der Waals surface area contributed by atoms with Crippen molar-refractivity contribution in [2.24, 2.45) is 0 Å². The molecule has 0 N–H and O–H groups in total. The monoisotopic (exact) mass is 473 g/mol. The summed E-state index contributed by atoms with van der Waals surface area (Å²) in [5.41, 5.74) is 1.24. The second-order valence-corrected chi connectivity index (χ2v) is 8.33. The number of rotatable bonds is 2. The first kappa shape index (κ1) is 10.8. The Morgan fingerprint density at radius 2 is 1.06 bits per heavy atom. The number of benzene rings is 6. The van der Waals surface area contributed by atoms with Gasteiger partial charge >= 0.3 is 0 Å². The molecule has 2 nitrogen and oxygen atoms in total. The summed E-state index contributed by atoms with van der Waals surface area (Å²) >= 11 is 0. The fourth-order valence-corrected chi connectivity index (χ4v) is 5.01. The van der Waals surface area contributed by atoms with Gasteiger partial charge in [-0.05, 0) is 74.1 Å². The van der Waals surface area contributed by atoms with Gasteiger partial charge < -0.3 is 8.83 Å². The highest BCUT2D eigenvalue weighted by atomic mass is 16.3. The lowest BCUT2D eigenvalue weighted by Gasteiger charge is -2.17. The molecule has 6 aromatic carbocycles. The van der Waals surface area contributed by atoms with Crippen LogP contribution in [0.5, 0.6) is 0 Å². The molecule has 0 amide bonds. The number of fused-ring (bicyclic) bond motifs is 7. The van der Waals surface area contributed by atoms with Crippen LogP contribution in [0.25, 0.3) is 76.7 Å². The predicted molar refractivity (Wildman–Crippen MR) is 149 cm³/mol. The molecule has 0 spiro atoms. The lowest BCUT2D eigenvalue weighted by molar-refractivity contribution is 0.615. The topological polar surface area (TPSA) is 26.3 Å². The third-order valence-corrected chi connectivity index (χ3v) is 6.48. The maximum absolute atomic E-state index is 9.14. The summed E-state index contributed by atoms with van der Waals surface area (Å²) in [5.74, 6) is 0. The molecule has 0 saturated carbocycles. The molecule has 2 heterocycles. The van der Waals surface area contributed by atoms with Crippen LogP contribution in [-0.4, -0.2) is 0 Å². The van der Waals surface area contributed by atoms with Crippen molar-refractivity contribution in [3.8, 4) is 22.3 Å². The normalized spacial score (nSPS) is 16.9. The molecule has 8 aromatic rings. The molecule has 0 unspecified atom stereocenters. The molecule has 0 radical (unpaired) electrons. The van der Waals surface area contributed by atoms with Gasteiger partial charge in [-0.1, -0.05) is 84.6 Å². The summed E-state index contributed by atoms with van der Waals surface area (Å²) in [6.07, 6.45) is 1.54. The van der Waals surface area contributed by atoms with Crippen LogP contribution in [0.1, 0.15) is 17.8 Å². The molecule has 2 heteroatoms. The van der Waals surface area contributed by atoms with E-state index in [1.807, 2.05) is 0 Å². The summed E-state index contributed by atoms with van der Waals surface area (Å²) in [6, 6.07) is 1.91. The van der Waals surface area contributed by atoms with E-state index < -0.39 is 84.1 Å². The maximum atomic E-state index is 9.14. The molecule has 0 aliphatic heterocycles. The smallest absolute Gasteiger partial charge is 0.136 e. The van der Waals surface area contributed by atoms with Gasteiger partial charge in [-0.2, -0.15) is 0 Å². The molecule has 0 fully saturated rings. The van der Waals surface area contributed by atoms with E-state index in [0.717, 1.165) is 5.39 Å². The van der Waals surface area contributed by atoms with Gasteiger partial charge in [0.2, 0.25) is 0 Å². The lowest BCUT2D eigenvalue weighted by atomic mass is 9.86. The van der Waals surface area contributed by atoms with E-state index in [2.05, 4.69) is 0 Å². The van der Waals surface area contributed by atoms with E-state index in [1.54, 1.807) is 36.4 Å². The van der Waals surface area contributed by atoms with Gasteiger partial charge in [0, 0.05) is 16.2 Å². The standard InChI is InChI=1S/C34H20O2/c1-2-8-21(9-3-1)32-23-10-4-6-12-25(23)33(26-13-7-5-11-24(26)32)22-14-15-30-28(20-22)34-27-18-19-35-29(27)16-17-31(34)36-30/h1-20H/i1D,2D,3D,4D,5D,6D,7D,8D,9D,10D,11D,12D,13D. The molecule has 0 atom stereocenters. The summed E-state index contributed by atoms with van der Waals surface area (Å²) in [5, 5.41) is 1.26. The lowest BCUT2D eigenvalue weighted by Crippen LogP contribution is -1.90. The minimum atomic E-state index is -0.717. The van der Waals surface area contributed by atoms with Gasteiger partial charge in [-0.3, -0.25) is 0 Å². The van der Waals surface area contributed by atoms with Crippen LogP contribution in [0.15, 0.2) is 130 Å². The van der Waals surface area contributed by atoms with E-state index >= 15 is 0 Å². The van der Waals surface area contributed by atoms with Crippen LogP contribution in [0, 0.1) is 0 Å². The van der Waals surface area contributed by atoms with E-state index in [1.165, 1.54) is 6.26 Å². The molecule has 8 rings (SSSR count). The minimum Gasteiger partial charge on any atom is -0.464 e. The zero-order valence-corrected chi connectivity index (χ0v) is 18.4. The number of hydrogen-bond acceptors (Lipinski definition) is 2. The fraction of sp³-hybridized carbons (Fsp3) is 0. The summed E-state index contributed by atoms with van der Waals surface area (Å²) in [4.78, 5) is 0. The van der Waals surface area contributed by atoms with E-state index in [0.29, 0.717) is 33.1 Å². The maximum Gasteiger partial charge on any atom is 0.136 e. The van der Waals surface area contributed by atoms with Crippen LogP contribution < -0.4 is 0 Å². The first-order valence-electron chi connectivity index (χ1n) is 17.6. The molecule has 168 valence electrons. The Kier molecular flexibility index (Phi) is 2.21. The van der Waals surface area contributed by atoms with Crippen molar-refractivity contribution in [1.82, 2.24) is 0 Å². The molecular weight excluding hydrogens is 440 g/mol. The van der Waals surface area contributed by atoms with Crippen molar-refractivity contribution < 1.29 is 26.7 Å². The van der Waals surface area contributed by atoms with Gasteiger partial charge in [-0.15, -0.1) is 0 Å². The Morgan fingerprint density at radius 3 is 1.75 bits per heavy atom. The largest absolute Gasteiger partial charge is 0.464 e. The van der Waals surface area contributed by atoms with E-state index in [4.69, 9.17) is 26.7 Å². The van der Waals surface area contributed by atoms with Crippen LogP contribution >= 0.6 is 0 Å². The zero-order chi connectivity index (χ0) is 35.0. The van der Waals surface area contributed by atoms with Crippen LogP contribution in [0.3, 0.4) is 0 Å². The number of furan rings is 2. The second-order valence-electron chi connectivity index (χ2n) is 8.33. The van der Waals surface area contributed by atoms with Gasteiger partial charge in [0.05, 0.1) is 24.1 Å². The van der Waals surface area contributed by atoms with Gasteiger partial charge in [0.15, 0.2) is 0 Å². The molecule has 2 aromatic heterocycles. The van der Waals surface area contributed by atoms with E-state index in [-0.39, 0.29) is 32.7 Å². The van der Waals surface area contributed by atoms with Crippen LogP contribution in [0.2, 0.25) is 0 Å². The van der Waals surface area contributed by atoms with Crippen molar-refractivity contribution in [1.29, 1.82) is 0 Å². The average molecular weight is 474 g/mol. The second kappa shape index (κ2) is 7.34. The van der Waals surface area contributed by atoms with Crippen molar-refractivity contribution in [2.45, 2.75) is 0 Å². The molecule has 36 heavy (non-hydrogen) atoms. The summed E-state index contributed by atoms with van der Waals surface area (Å²) in [6.45, 7) is 0. The van der Waals surface area contributed by atoms with Gasteiger partial charge in [-0.25, -0.2) is 0 Å². The molecule has 0 aliphatic carbocycles. The highest BCUT2D eigenvalue weighted by Crippen LogP contribution is 2.45. The first-order chi connectivity index (χ1) is 23.3. The van der Waals surface area contributed by atoms with Crippen molar-refractivity contribution in [3.63, 3.8) is 0 Å². The average Bonchev–Trinajstić information content (AvgIpc) is 3.73. The van der Waals surface area contributed by atoms with Crippen molar-refractivity contribution >= 4 is 54.5 Å². The highest BCUT2D eigenvalue weighted by molar-refractivity contribution is 6.23. The molecule has 0 bridgehead atoms. The molecular formula is C34H20O2. The third-order valence-electron chi connectivity index (χ3n) is 6.48. The minimum absolute atomic E-state index is 0.0516. The Labute approximate surface area is 225 Å².